The molecule has 174 valence electrons. The second-order valence-electron chi connectivity index (χ2n) is 8.75. The summed E-state index contributed by atoms with van der Waals surface area (Å²) in [6.45, 7) is 1.47. The van der Waals surface area contributed by atoms with E-state index in [1.54, 1.807) is 25.4 Å². The monoisotopic (exact) mass is 456 g/mol. The van der Waals surface area contributed by atoms with Gasteiger partial charge >= 0.3 is 6.03 Å². The van der Waals surface area contributed by atoms with Crippen molar-refractivity contribution in [3.05, 3.63) is 36.5 Å². The van der Waals surface area contributed by atoms with Crippen LogP contribution in [-0.4, -0.2) is 57.0 Å². The molecule has 2 N–H and O–H groups in total. The van der Waals surface area contributed by atoms with E-state index in [0.717, 1.165) is 24.6 Å². The maximum absolute atomic E-state index is 13.2. The fraction of sp³-hybridized carbons (Fsp3) is 0.478. The van der Waals surface area contributed by atoms with Gasteiger partial charge in [0, 0.05) is 42.7 Å². The quantitative estimate of drug-likeness (QED) is 0.592. The number of urea groups is 1. The smallest absolute Gasteiger partial charge is 0.323 e. The summed E-state index contributed by atoms with van der Waals surface area (Å²) in [4.78, 5) is 28.2. The molecule has 3 atom stereocenters. The maximum Gasteiger partial charge on any atom is 0.323 e. The van der Waals surface area contributed by atoms with E-state index in [1.165, 1.54) is 0 Å². The Morgan fingerprint density at radius 3 is 2.70 bits per heavy atom. The molecule has 10 heteroatoms. The van der Waals surface area contributed by atoms with Crippen LogP contribution in [0.1, 0.15) is 38.0 Å². The molecule has 33 heavy (non-hydrogen) atoms. The van der Waals surface area contributed by atoms with E-state index in [1.807, 2.05) is 17.0 Å². The normalized spacial score (nSPS) is 22.7. The lowest BCUT2D eigenvalue weighted by Gasteiger charge is -2.48. The number of hydrogen-bond acceptors (Lipinski definition) is 6. The molecule has 3 aromatic rings. The number of fused-ring (bicyclic) bond motifs is 3. The Kier molecular flexibility index (Phi) is 5.92. The van der Waals surface area contributed by atoms with Gasteiger partial charge in [0.25, 0.3) is 6.43 Å². The van der Waals surface area contributed by atoms with E-state index in [9.17, 15) is 13.6 Å². The Morgan fingerprint density at radius 1 is 1.21 bits per heavy atom. The first-order chi connectivity index (χ1) is 16.0. The minimum absolute atomic E-state index is 0.0134. The van der Waals surface area contributed by atoms with Crippen LogP contribution < -0.4 is 10.6 Å². The fourth-order valence-electron chi connectivity index (χ4n) is 5.01. The molecule has 5 heterocycles. The highest BCUT2D eigenvalue weighted by atomic mass is 19.3. The van der Waals surface area contributed by atoms with Crippen LogP contribution in [0, 0.1) is 6.92 Å². The van der Waals surface area contributed by atoms with Crippen molar-refractivity contribution in [2.24, 2.45) is 0 Å². The van der Waals surface area contributed by atoms with Crippen LogP contribution in [0.3, 0.4) is 0 Å². The van der Waals surface area contributed by atoms with Crippen molar-refractivity contribution in [1.29, 1.82) is 0 Å². The molecular weight excluding hydrogens is 430 g/mol. The van der Waals surface area contributed by atoms with Gasteiger partial charge in [-0.1, -0.05) is 0 Å². The number of anilines is 1. The van der Waals surface area contributed by atoms with Crippen LogP contribution in [0.25, 0.3) is 22.4 Å². The topological polar surface area (TPSA) is 96.2 Å². The van der Waals surface area contributed by atoms with Crippen molar-refractivity contribution < 1.29 is 18.0 Å². The SMILES string of the molecule is Cc1ncc(-c2ccc3cnc(NC(=O)N4[C@@H]5CCC[C@H]4CC(NCC(F)F)C5)cc3n2)o1. The third kappa shape index (κ3) is 4.66. The van der Waals surface area contributed by atoms with E-state index in [-0.39, 0.29) is 30.7 Å². The molecule has 3 aromatic heterocycles. The van der Waals surface area contributed by atoms with Crippen LogP contribution in [0.2, 0.25) is 0 Å². The van der Waals surface area contributed by atoms with Crippen LogP contribution in [0.5, 0.6) is 0 Å². The molecule has 0 radical (unpaired) electrons. The number of carbonyl (C=O) groups excluding carboxylic acids is 1. The van der Waals surface area contributed by atoms with Gasteiger partial charge in [-0.3, -0.25) is 5.32 Å². The maximum atomic E-state index is 13.2. The lowest BCUT2D eigenvalue weighted by molar-refractivity contribution is 0.0548. The second kappa shape index (κ2) is 9.01. The number of aryl methyl sites for hydroxylation is 1. The number of amides is 2. The number of carbonyl (C=O) groups is 1. The molecule has 2 amide bonds. The highest BCUT2D eigenvalue weighted by Crippen LogP contribution is 2.34. The summed E-state index contributed by atoms with van der Waals surface area (Å²) in [7, 11) is 0. The number of nitrogens with zero attached hydrogens (tertiary/aromatic N) is 4. The number of rotatable bonds is 5. The molecule has 2 bridgehead atoms. The van der Waals surface area contributed by atoms with E-state index in [0.29, 0.717) is 41.5 Å². The molecule has 1 unspecified atom stereocenters. The summed E-state index contributed by atoms with van der Waals surface area (Å²) in [5, 5.41) is 6.72. The first kappa shape index (κ1) is 21.7. The van der Waals surface area contributed by atoms with Gasteiger partial charge in [0.05, 0.1) is 18.3 Å². The zero-order valence-electron chi connectivity index (χ0n) is 18.3. The minimum Gasteiger partial charge on any atom is -0.439 e. The van der Waals surface area contributed by atoms with Crippen LogP contribution in [-0.2, 0) is 0 Å². The highest BCUT2D eigenvalue weighted by molar-refractivity contribution is 5.91. The van der Waals surface area contributed by atoms with Gasteiger partial charge in [-0.25, -0.2) is 28.5 Å². The molecule has 0 spiro atoms. The number of pyridine rings is 2. The predicted octanol–water partition coefficient (Wildman–Crippen LogP) is 4.37. The van der Waals surface area contributed by atoms with Crippen LogP contribution >= 0.6 is 0 Å². The Bertz CT molecular complexity index is 1140. The standard InChI is InChI=1S/C23H26F2N6O2/c1-13-26-11-20(33-13)18-6-5-14-10-28-22(9-19(14)29-18)30-23(32)31-16-3-2-4-17(31)8-15(7-16)27-12-21(24)25/h5-6,9-11,15-17,21,27H,2-4,7-8,12H2,1H3,(H,28,30,32)/t15?,16-,17+. The van der Waals surface area contributed by atoms with E-state index < -0.39 is 6.43 Å². The number of piperidine rings is 2. The highest BCUT2D eigenvalue weighted by Gasteiger charge is 2.41. The summed E-state index contributed by atoms with van der Waals surface area (Å²) in [6, 6.07) is 5.36. The Hall–Kier alpha value is -3.14. The van der Waals surface area contributed by atoms with Gasteiger partial charge in [-0.2, -0.15) is 0 Å². The Morgan fingerprint density at radius 2 is 2.00 bits per heavy atom. The van der Waals surface area contributed by atoms with Crippen molar-refractivity contribution in [3.63, 3.8) is 0 Å². The summed E-state index contributed by atoms with van der Waals surface area (Å²) in [5.41, 5.74) is 1.33. The number of halogens is 2. The molecule has 0 aromatic carbocycles. The van der Waals surface area contributed by atoms with E-state index >= 15 is 0 Å². The molecule has 2 saturated heterocycles. The number of oxazole rings is 1. The van der Waals surface area contributed by atoms with Crippen molar-refractivity contribution in [1.82, 2.24) is 25.2 Å². The summed E-state index contributed by atoms with van der Waals surface area (Å²) >= 11 is 0. The Labute approximate surface area is 189 Å². The van der Waals surface area contributed by atoms with Gasteiger partial charge in [0.15, 0.2) is 11.7 Å². The van der Waals surface area contributed by atoms with Crippen molar-refractivity contribution in [3.8, 4) is 11.5 Å². The zero-order valence-corrected chi connectivity index (χ0v) is 18.3. The number of aromatic nitrogens is 3. The van der Waals surface area contributed by atoms with E-state index in [4.69, 9.17) is 4.42 Å². The van der Waals surface area contributed by atoms with Gasteiger partial charge in [0.2, 0.25) is 0 Å². The first-order valence-electron chi connectivity index (χ1n) is 11.3. The number of nitrogens with one attached hydrogen (secondary N) is 2. The first-order valence-corrected chi connectivity index (χ1v) is 11.3. The van der Waals surface area contributed by atoms with Crippen molar-refractivity contribution in [2.45, 2.75) is 63.6 Å². The molecule has 5 rings (SSSR count). The molecule has 2 aliphatic rings. The molecule has 8 nitrogen and oxygen atoms in total. The minimum atomic E-state index is -2.37. The van der Waals surface area contributed by atoms with Gasteiger partial charge in [0.1, 0.15) is 11.5 Å². The van der Waals surface area contributed by atoms with Gasteiger partial charge < -0.3 is 14.6 Å². The fourth-order valence-corrected chi connectivity index (χ4v) is 5.01. The second-order valence-corrected chi connectivity index (χ2v) is 8.75. The number of alkyl halides is 2. The van der Waals surface area contributed by atoms with Crippen LogP contribution in [0.15, 0.2) is 35.0 Å². The summed E-state index contributed by atoms with van der Waals surface area (Å²) in [6.07, 6.45) is 5.11. The van der Waals surface area contributed by atoms with E-state index in [2.05, 4.69) is 25.6 Å². The van der Waals surface area contributed by atoms with Gasteiger partial charge in [-0.05, 0) is 44.2 Å². The zero-order chi connectivity index (χ0) is 22.9. The molecule has 0 saturated carbocycles. The summed E-state index contributed by atoms with van der Waals surface area (Å²) in [5.74, 6) is 1.56. The third-order valence-corrected chi connectivity index (χ3v) is 6.45. The average Bonchev–Trinajstić information content (AvgIpc) is 3.22. The van der Waals surface area contributed by atoms with Crippen molar-refractivity contribution in [2.75, 3.05) is 11.9 Å². The molecular formula is C23H26F2N6O2. The molecule has 2 fully saturated rings. The van der Waals surface area contributed by atoms with Crippen molar-refractivity contribution >= 4 is 22.8 Å². The predicted molar refractivity (Wildman–Crippen MR) is 119 cm³/mol. The summed E-state index contributed by atoms with van der Waals surface area (Å²) < 4.78 is 30.8. The Balaban J connectivity index is 1.31. The average molecular weight is 456 g/mol. The largest absolute Gasteiger partial charge is 0.439 e. The van der Waals surface area contributed by atoms with Gasteiger partial charge in [-0.15, -0.1) is 0 Å². The lowest BCUT2D eigenvalue weighted by Crippen LogP contribution is -2.59. The third-order valence-electron chi connectivity index (χ3n) is 6.45. The number of hydrogen-bond donors (Lipinski definition) is 2. The molecule has 0 aliphatic carbocycles. The lowest BCUT2D eigenvalue weighted by atomic mass is 9.82. The van der Waals surface area contributed by atoms with Crippen LogP contribution in [0.4, 0.5) is 19.4 Å². The molecule has 2 aliphatic heterocycles.